The van der Waals surface area contributed by atoms with Gasteiger partial charge in [0.1, 0.15) is 0 Å². The first-order valence-electron chi connectivity index (χ1n) is 9.60. The first-order valence-corrected chi connectivity index (χ1v) is 10.4. The van der Waals surface area contributed by atoms with E-state index in [2.05, 4.69) is 0 Å². The monoisotopic (exact) mass is 437 g/mol. The maximum atomic E-state index is 13.7. The van der Waals surface area contributed by atoms with E-state index in [0.717, 1.165) is 16.8 Å². The van der Waals surface area contributed by atoms with E-state index in [9.17, 15) is 14.7 Å². The van der Waals surface area contributed by atoms with Crippen LogP contribution in [0.1, 0.15) is 39.4 Å². The van der Waals surface area contributed by atoms with Crippen LogP contribution in [0.3, 0.4) is 0 Å². The van der Waals surface area contributed by atoms with Gasteiger partial charge in [0.25, 0.3) is 0 Å². The van der Waals surface area contributed by atoms with Crippen molar-refractivity contribution in [3.05, 3.63) is 99.0 Å². The lowest BCUT2D eigenvalue weighted by molar-refractivity contribution is -0.120. The van der Waals surface area contributed by atoms with Crippen molar-refractivity contribution < 1.29 is 14.7 Å². The van der Waals surface area contributed by atoms with Crippen LogP contribution in [0.5, 0.6) is 0 Å². The third kappa shape index (κ3) is 2.83. The van der Waals surface area contributed by atoms with Gasteiger partial charge < -0.3 is 10.0 Å². The second-order valence-corrected chi connectivity index (χ2v) is 8.67. The molecule has 1 aliphatic heterocycles. The number of halogens is 2. The molecule has 3 aromatic carbocycles. The lowest BCUT2D eigenvalue weighted by Gasteiger charge is -2.19. The summed E-state index contributed by atoms with van der Waals surface area (Å²) in [6.07, 6.45) is 0.692. The molecular weight excluding hydrogens is 421 g/mol. The van der Waals surface area contributed by atoms with Crippen molar-refractivity contribution >= 4 is 40.8 Å². The van der Waals surface area contributed by atoms with Gasteiger partial charge in [-0.15, -0.1) is 0 Å². The first-order chi connectivity index (χ1) is 14.4. The average molecular weight is 438 g/mol. The summed E-state index contributed by atoms with van der Waals surface area (Å²) in [7, 11) is 0. The molecule has 5 rings (SSSR count). The fraction of sp³-hybridized carbons (Fsp3) is 0.167. The van der Waals surface area contributed by atoms with Crippen molar-refractivity contribution in [1.29, 1.82) is 0 Å². The molecule has 2 atom stereocenters. The summed E-state index contributed by atoms with van der Waals surface area (Å²) >= 11 is 12.3. The Morgan fingerprint density at radius 2 is 1.73 bits per heavy atom. The number of fused-ring (bicyclic) bond motifs is 2. The molecule has 6 heteroatoms. The molecule has 4 nitrogen and oxygen atoms in total. The van der Waals surface area contributed by atoms with Gasteiger partial charge in [-0.05, 0) is 59.5 Å². The van der Waals surface area contributed by atoms with Crippen molar-refractivity contribution in [2.24, 2.45) is 0 Å². The molecule has 3 aromatic rings. The Morgan fingerprint density at radius 1 is 1.03 bits per heavy atom. The quantitative estimate of drug-likeness (QED) is 0.572. The molecule has 1 spiro atoms. The molecule has 1 aliphatic carbocycles. The predicted octanol–water partition coefficient (Wildman–Crippen LogP) is 5.66. The van der Waals surface area contributed by atoms with Crippen LogP contribution < -0.4 is 4.90 Å². The van der Waals surface area contributed by atoms with Crippen LogP contribution in [0.4, 0.5) is 5.69 Å². The number of benzene rings is 3. The van der Waals surface area contributed by atoms with E-state index in [4.69, 9.17) is 23.2 Å². The van der Waals surface area contributed by atoms with Crippen LogP contribution in [0, 0.1) is 0 Å². The molecule has 1 N–H and O–H groups in total. The van der Waals surface area contributed by atoms with Crippen molar-refractivity contribution in [3.8, 4) is 0 Å². The molecule has 1 heterocycles. The number of carbonyl (C=O) groups excluding carboxylic acids is 1. The van der Waals surface area contributed by atoms with E-state index in [1.54, 1.807) is 35.2 Å². The van der Waals surface area contributed by atoms with E-state index in [-0.39, 0.29) is 23.9 Å². The van der Waals surface area contributed by atoms with Gasteiger partial charge in [-0.1, -0.05) is 53.5 Å². The number of aromatic carboxylic acids is 1. The number of carboxylic acid groups (broad SMARTS) is 1. The van der Waals surface area contributed by atoms with Crippen molar-refractivity contribution in [3.63, 3.8) is 0 Å². The third-order valence-electron chi connectivity index (χ3n) is 6.17. The minimum Gasteiger partial charge on any atom is -0.478 e. The predicted molar refractivity (Wildman–Crippen MR) is 117 cm³/mol. The van der Waals surface area contributed by atoms with E-state index in [1.807, 2.05) is 36.4 Å². The molecule has 30 heavy (non-hydrogen) atoms. The van der Waals surface area contributed by atoms with E-state index >= 15 is 0 Å². The number of hydrogen-bond donors (Lipinski definition) is 1. The van der Waals surface area contributed by atoms with Gasteiger partial charge in [-0.3, -0.25) is 4.79 Å². The summed E-state index contributed by atoms with van der Waals surface area (Å²) in [5, 5.41) is 10.8. The Kier molecular flexibility index (Phi) is 4.38. The van der Waals surface area contributed by atoms with Gasteiger partial charge in [-0.2, -0.15) is 0 Å². The van der Waals surface area contributed by atoms with Crippen LogP contribution in [0.25, 0.3) is 0 Å². The topological polar surface area (TPSA) is 57.6 Å². The molecule has 150 valence electrons. The van der Waals surface area contributed by atoms with E-state index in [0.29, 0.717) is 22.0 Å². The minimum atomic E-state index is -1.01. The van der Waals surface area contributed by atoms with Crippen LogP contribution in [-0.2, 0) is 16.8 Å². The Hall–Kier alpha value is -2.82. The SMILES string of the molecule is O=C(O)c1ccccc1CN1C(=O)[C@@]2(C[C@H]2c2ccc(Cl)cc2)c2cc(Cl)ccc21. The molecule has 0 bridgehead atoms. The van der Waals surface area contributed by atoms with Crippen LogP contribution >= 0.6 is 23.2 Å². The zero-order valence-electron chi connectivity index (χ0n) is 15.8. The highest BCUT2D eigenvalue weighted by Gasteiger charge is 2.67. The Bertz CT molecular complexity index is 1190. The highest BCUT2D eigenvalue weighted by atomic mass is 35.5. The fourth-order valence-corrected chi connectivity index (χ4v) is 4.95. The lowest BCUT2D eigenvalue weighted by atomic mass is 9.92. The van der Waals surface area contributed by atoms with Gasteiger partial charge >= 0.3 is 5.97 Å². The van der Waals surface area contributed by atoms with Crippen molar-refractivity contribution in [1.82, 2.24) is 0 Å². The van der Waals surface area contributed by atoms with Gasteiger partial charge in [-0.25, -0.2) is 4.79 Å². The minimum absolute atomic E-state index is 0.0140. The number of rotatable bonds is 4. The lowest BCUT2D eigenvalue weighted by Crippen LogP contribution is -2.33. The smallest absolute Gasteiger partial charge is 0.336 e. The van der Waals surface area contributed by atoms with Gasteiger partial charge in [0.2, 0.25) is 5.91 Å². The molecule has 0 aromatic heterocycles. The number of carbonyl (C=O) groups is 2. The zero-order chi connectivity index (χ0) is 21.0. The first kappa shape index (κ1) is 19.2. The summed E-state index contributed by atoms with van der Waals surface area (Å²) in [6.45, 7) is 0.199. The third-order valence-corrected chi connectivity index (χ3v) is 6.65. The van der Waals surface area contributed by atoms with E-state index in [1.165, 1.54) is 0 Å². The maximum absolute atomic E-state index is 13.7. The zero-order valence-corrected chi connectivity index (χ0v) is 17.3. The normalized spacial score (nSPS) is 21.7. The summed E-state index contributed by atoms with van der Waals surface area (Å²) in [4.78, 5) is 27.0. The molecule has 1 saturated carbocycles. The highest BCUT2D eigenvalue weighted by molar-refractivity contribution is 6.31. The second kappa shape index (κ2) is 6.86. The van der Waals surface area contributed by atoms with Crippen LogP contribution in [0.2, 0.25) is 10.0 Å². The number of amides is 1. The molecule has 1 fully saturated rings. The van der Waals surface area contributed by atoms with Crippen LogP contribution in [0.15, 0.2) is 66.7 Å². The summed E-state index contributed by atoms with van der Waals surface area (Å²) < 4.78 is 0. The number of anilines is 1. The average Bonchev–Trinajstić information content (AvgIpc) is 3.44. The van der Waals surface area contributed by atoms with Crippen LogP contribution in [-0.4, -0.2) is 17.0 Å². The fourth-order valence-electron chi connectivity index (χ4n) is 4.66. The Balaban J connectivity index is 1.57. The molecule has 2 aliphatic rings. The van der Waals surface area contributed by atoms with Gasteiger partial charge in [0.05, 0.1) is 17.5 Å². The number of nitrogens with zero attached hydrogens (tertiary/aromatic N) is 1. The van der Waals surface area contributed by atoms with Crippen molar-refractivity contribution in [2.45, 2.75) is 24.3 Å². The standard InChI is InChI=1S/C24H17Cl2NO3/c25-16-7-5-14(6-8-16)20-12-24(20)19-11-17(26)9-10-21(19)27(23(24)30)13-15-3-1-2-4-18(15)22(28)29/h1-11,20H,12-13H2,(H,28,29)/t20-,24-/m0/s1. The summed E-state index contributed by atoms with van der Waals surface area (Å²) in [6, 6.07) is 19.9. The molecule has 0 saturated heterocycles. The second-order valence-electron chi connectivity index (χ2n) is 7.79. The van der Waals surface area contributed by atoms with Gasteiger partial charge in [0.15, 0.2) is 0 Å². The Morgan fingerprint density at radius 3 is 2.47 bits per heavy atom. The Labute approximate surface area is 183 Å². The molecular formula is C24H17Cl2NO3. The summed E-state index contributed by atoms with van der Waals surface area (Å²) in [5.41, 5.74) is 2.90. The van der Waals surface area contributed by atoms with Crippen molar-refractivity contribution in [2.75, 3.05) is 4.90 Å². The molecule has 0 unspecified atom stereocenters. The van der Waals surface area contributed by atoms with E-state index < -0.39 is 11.4 Å². The van der Waals surface area contributed by atoms with Gasteiger partial charge in [0, 0.05) is 21.7 Å². The molecule has 0 radical (unpaired) electrons. The molecule has 1 amide bonds. The largest absolute Gasteiger partial charge is 0.478 e. The maximum Gasteiger partial charge on any atom is 0.336 e. The number of hydrogen-bond acceptors (Lipinski definition) is 2. The summed E-state index contributed by atoms with van der Waals surface area (Å²) in [5.74, 6) is -0.979. The highest BCUT2D eigenvalue weighted by Crippen LogP contribution is 2.66. The number of carboxylic acids is 1.